The van der Waals surface area contributed by atoms with Crippen LogP contribution in [0, 0.1) is 0 Å². The normalized spacial score (nSPS) is 10.5. The SMILES string of the molecule is CCN(CC)CCNC(=O)Nc1ccccc1Oc1ccccc1. The maximum absolute atomic E-state index is 12.1. The Kier molecular flexibility index (Phi) is 7.11. The number of amides is 2. The third-order valence-corrected chi connectivity index (χ3v) is 3.71. The summed E-state index contributed by atoms with van der Waals surface area (Å²) in [5.74, 6) is 1.34. The van der Waals surface area contributed by atoms with Crippen LogP contribution in [0.15, 0.2) is 54.6 Å². The summed E-state index contributed by atoms with van der Waals surface area (Å²) in [6.45, 7) is 7.63. The van der Waals surface area contributed by atoms with Crippen LogP contribution in [0.1, 0.15) is 13.8 Å². The van der Waals surface area contributed by atoms with Crippen LogP contribution in [-0.4, -0.2) is 37.1 Å². The summed E-state index contributed by atoms with van der Waals surface area (Å²) >= 11 is 0. The summed E-state index contributed by atoms with van der Waals surface area (Å²) in [5.41, 5.74) is 0.640. The second kappa shape index (κ2) is 9.57. The molecule has 2 N–H and O–H groups in total. The van der Waals surface area contributed by atoms with Crippen molar-refractivity contribution >= 4 is 11.7 Å². The van der Waals surface area contributed by atoms with Gasteiger partial charge in [-0.25, -0.2) is 4.79 Å². The molecule has 0 unspecified atom stereocenters. The Bertz CT molecular complexity index is 628. The van der Waals surface area contributed by atoms with Crippen molar-refractivity contribution in [2.45, 2.75) is 13.8 Å². The number of carbonyl (C=O) groups is 1. The van der Waals surface area contributed by atoms with Gasteiger partial charge in [0.1, 0.15) is 5.75 Å². The second-order valence-electron chi connectivity index (χ2n) is 5.32. The van der Waals surface area contributed by atoms with Crippen molar-refractivity contribution in [2.24, 2.45) is 0 Å². The average Bonchev–Trinajstić information content (AvgIpc) is 2.61. The molecule has 0 aliphatic carbocycles. The van der Waals surface area contributed by atoms with Gasteiger partial charge in [-0.15, -0.1) is 0 Å². The van der Waals surface area contributed by atoms with Gasteiger partial charge < -0.3 is 20.3 Å². The molecule has 0 saturated carbocycles. The topological polar surface area (TPSA) is 53.6 Å². The van der Waals surface area contributed by atoms with Gasteiger partial charge in [-0.2, -0.15) is 0 Å². The largest absolute Gasteiger partial charge is 0.455 e. The fourth-order valence-corrected chi connectivity index (χ4v) is 2.31. The zero-order chi connectivity index (χ0) is 17.2. The summed E-state index contributed by atoms with van der Waals surface area (Å²) in [4.78, 5) is 14.3. The van der Waals surface area contributed by atoms with Gasteiger partial charge in [0.2, 0.25) is 0 Å². The van der Waals surface area contributed by atoms with E-state index >= 15 is 0 Å². The van der Waals surface area contributed by atoms with Gasteiger partial charge >= 0.3 is 6.03 Å². The molecule has 0 heterocycles. The molecular formula is C19H25N3O2. The van der Waals surface area contributed by atoms with Crippen molar-refractivity contribution in [1.82, 2.24) is 10.2 Å². The average molecular weight is 327 g/mol. The highest BCUT2D eigenvalue weighted by Crippen LogP contribution is 2.28. The molecule has 0 aliphatic rings. The van der Waals surface area contributed by atoms with Crippen molar-refractivity contribution in [2.75, 3.05) is 31.5 Å². The lowest BCUT2D eigenvalue weighted by atomic mass is 10.3. The molecule has 0 aliphatic heterocycles. The second-order valence-corrected chi connectivity index (χ2v) is 5.32. The number of likely N-dealkylation sites (N-methyl/N-ethyl adjacent to an activating group) is 1. The summed E-state index contributed by atoms with van der Waals surface area (Å²) in [7, 11) is 0. The quantitative estimate of drug-likeness (QED) is 0.772. The Morgan fingerprint density at radius 3 is 2.38 bits per heavy atom. The summed E-state index contributed by atoms with van der Waals surface area (Å²) in [6, 6.07) is 16.7. The van der Waals surface area contributed by atoms with Crippen molar-refractivity contribution in [3.8, 4) is 11.5 Å². The molecule has 0 atom stereocenters. The van der Waals surface area contributed by atoms with Gasteiger partial charge in [0.25, 0.3) is 0 Å². The smallest absolute Gasteiger partial charge is 0.319 e. The van der Waals surface area contributed by atoms with E-state index in [4.69, 9.17) is 4.74 Å². The molecule has 0 radical (unpaired) electrons. The number of rotatable bonds is 8. The monoisotopic (exact) mass is 327 g/mol. The standard InChI is InChI=1S/C19H25N3O2/c1-3-22(4-2)15-14-20-19(23)21-17-12-8-9-13-18(17)24-16-10-6-5-7-11-16/h5-13H,3-4,14-15H2,1-2H3,(H2,20,21,23). The van der Waals surface area contributed by atoms with Crippen LogP contribution in [0.25, 0.3) is 0 Å². The third-order valence-electron chi connectivity index (χ3n) is 3.71. The maximum atomic E-state index is 12.1. The molecule has 0 fully saturated rings. The molecule has 24 heavy (non-hydrogen) atoms. The van der Waals surface area contributed by atoms with Crippen molar-refractivity contribution in [3.63, 3.8) is 0 Å². The van der Waals surface area contributed by atoms with E-state index < -0.39 is 0 Å². The fraction of sp³-hybridized carbons (Fsp3) is 0.316. The van der Waals surface area contributed by atoms with Crippen LogP contribution in [0.5, 0.6) is 11.5 Å². The molecule has 128 valence electrons. The van der Waals surface area contributed by atoms with Gasteiger partial charge in [-0.3, -0.25) is 0 Å². The lowest BCUT2D eigenvalue weighted by Crippen LogP contribution is -2.36. The number of benzene rings is 2. The molecule has 2 rings (SSSR count). The molecule has 5 heteroatoms. The first-order valence-corrected chi connectivity index (χ1v) is 8.32. The van der Waals surface area contributed by atoms with Gasteiger partial charge in [0, 0.05) is 13.1 Å². The summed E-state index contributed by atoms with van der Waals surface area (Å²) < 4.78 is 5.84. The zero-order valence-corrected chi connectivity index (χ0v) is 14.3. The first kappa shape index (κ1) is 17.8. The third kappa shape index (κ3) is 5.59. The highest BCUT2D eigenvalue weighted by atomic mass is 16.5. The Morgan fingerprint density at radius 1 is 1.00 bits per heavy atom. The number of hydrogen-bond acceptors (Lipinski definition) is 3. The van der Waals surface area contributed by atoms with Crippen LogP contribution in [-0.2, 0) is 0 Å². The maximum Gasteiger partial charge on any atom is 0.319 e. The van der Waals surface area contributed by atoms with Crippen LogP contribution >= 0.6 is 0 Å². The van der Waals surface area contributed by atoms with E-state index in [0.717, 1.165) is 25.4 Å². The van der Waals surface area contributed by atoms with E-state index in [-0.39, 0.29) is 6.03 Å². The molecule has 0 spiro atoms. The van der Waals surface area contributed by atoms with Gasteiger partial charge in [0.15, 0.2) is 5.75 Å². The van der Waals surface area contributed by atoms with E-state index in [1.54, 1.807) is 0 Å². The first-order chi connectivity index (χ1) is 11.7. The number of hydrogen-bond donors (Lipinski definition) is 2. The molecule has 0 bridgehead atoms. The highest BCUT2D eigenvalue weighted by molar-refractivity contribution is 5.90. The van der Waals surface area contributed by atoms with Gasteiger partial charge in [-0.1, -0.05) is 44.2 Å². The number of nitrogens with one attached hydrogen (secondary N) is 2. The van der Waals surface area contributed by atoms with Crippen molar-refractivity contribution in [3.05, 3.63) is 54.6 Å². The number of anilines is 1. The Hall–Kier alpha value is -2.53. The number of para-hydroxylation sites is 3. The predicted molar refractivity (Wildman–Crippen MR) is 97.8 cm³/mol. The number of nitrogens with zero attached hydrogens (tertiary/aromatic N) is 1. The van der Waals surface area contributed by atoms with Gasteiger partial charge in [-0.05, 0) is 37.4 Å². The lowest BCUT2D eigenvalue weighted by molar-refractivity contribution is 0.247. The number of ether oxygens (including phenoxy) is 1. The van der Waals surface area contributed by atoms with Gasteiger partial charge in [0.05, 0.1) is 5.69 Å². The number of carbonyl (C=O) groups excluding carboxylic acids is 1. The molecule has 2 aromatic rings. The summed E-state index contributed by atoms with van der Waals surface area (Å²) in [6.07, 6.45) is 0. The molecule has 2 aromatic carbocycles. The Morgan fingerprint density at radius 2 is 1.67 bits per heavy atom. The van der Waals surface area contributed by atoms with E-state index in [2.05, 4.69) is 29.4 Å². The van der Waals surface area contributed by atoms with E-state index in [1.807, 2.05) is 54.6 Å². The molecular weight excluding hydrogens is 302 g/mol. The van der Waals surface area contributed by atoms with Crippen LogP contribution in [0.2, 0.25) is 0 Å². The van der Waals surface area contributed by atoms with Crippen LogP contribution in [0.4, 0.5) is 10.5 Å². The lowest BCUT2D eigenvalue weighted by Gasteiger charge is -2.18. The van der Waals surface area contributed by atoms with E-state index in [1.165, 1.54) is 0 Å². The molecule has 0 saturated heterocycles. The summed E-state index contributed by atoms with van der Waals surface area (Å²) in [5, 5.41) is 5.72. The van der Waals surface area contributed by atoms with Crippen molar-refractivity contribution in [1.29, 1.82) is 0 Å². The minimum absolute atomic E-state index is 0.230. The minimum atomic E-state index is -0.230. The highest BCUT2D eigenvalue weighted by Gasteiger charge is 2.08. The predicted octanol–water partition coefficient (Wildman–Crippen LogP) is 3.94. The fourth-order valence-electron chi connectivity index (χ4n) is 2.31. The zero-order valence-electron chi connectivity index (χ0n) is 14.3. The van der Waals surface area contributed by atoms with Crippen molar-refractivity contribution < 1.29 is 9.53 Å². The minimum Gasteiger partial charge on any atom is -0.455 e. The molecule has 2 amide bonds. The van der Waals surface area contributed by atoms with E-state index in [9.17, 15) is 4.79 Å². The Balaban J connectivity index is 1.91. The molecule has 5 nitrogen and oxygen atoms in total. The van der Waals surface area contributed by atoms with Crippen LogP contribution in [0.3, 0.4) is 0 Å². The van der Waals surface area contributed by atoms with E-state index in [0.29, 0.717) is 18.0 Å². The Labute approximate surface area is 143 Å². The van der Waals surface area contributed by atoms with Crippen LogP contribution < -0.4 is 15.4 Å². The first-order valence-electron chi connectivity index (χ1n) is 8.32. The molecule has 0 aromatic heterocycles. The number of urea groups is 1.